The molecule has 2 amide bonds. The molecule has 0 spiro atoms. The Morgan fingerprint density at radius 2 is 1.59 bits per heavy atom. The number of anilines is 2. The summed E-state index contributed by atoms with van der Waals surface area (Å²) < 4.78 is 67.7. The molecule has 0 aliphatic carbocycles. The number of hydrogen-bond acceptors (Lipinski definition) is 8. The number of benzene rings is 3. The van der Waals surface area contributed by atoms with Crippen LogP contribution in [-0.4, -0.2) is 56.1 Å². The van der Waals surface area contributed by atoms with Gasteiger partial charge in [0.2, 0.25) is 5.88 Å². The summed E-state index contributed by atoms with van der Waals surface area (Å²) in [6.45, 7) is 4.15. The largest absolute Gasteiger partial charge is 0.490 e. The number of ether oxygens (including phenoxy) is 5. The molecule has 234 valence electrons. The van der Waals surface area contributed by atoms with Crippen LogP contribution >= 0.6 is 11.6 Å². The zero-order valence-electron chi connectivity index (χ0n) is 23.9. The van der Waals surface area contributed by atoms with Gasteiger partial charge in [0.25, 0.3) is 0 Å². The third-order valence-electron chi connectivity index (χ3n) is 5.96. The molecule has 14 heteroatoms. The molecule has 0 fully saturated rings. The Bertz CT molecular complexity index is 1560. The monoisotopic (exact) mass is 634 g/mol. The topological polar surface area (TPSA) is 113 Å². The Morgan fingerprint density at radius 3 is 2.32 bits per heavy atom. The number of amides is 2. The van der Waals surface area contributed by atoms with Crippen molar-refractivity contribution in [3.05, 3.63) is 71.5 Å². The van der Waals surface area contributed by atoms with Crippen LogP contribution in [0.2, 0.25) is 5.02 Å². The summed E-state index contributed by atoms with van der Waals surface area (Å²) in [7, 11) is 1.62. The van der Waals surface area contributed by atoms with E-state index < -0.39 is 22.8 Å². The highest BCUT2D eigenvalue weighted by Gasteiger charge is 2.33. The fourth-order valence-electron chi connectivity index (χ4n) is 3.92. The van der Waals surface area contributed by atoms with Crippen molar-refractivity contribution in [3.8, 4) is 23.1 Å². The Balaban J connectivity index is 1.46. The maximum atomic E-state index is 13.1. The molecular formula is C30H30ClF3N4O6. The second-order valence-electron chi connectivity index (χ2n) is 9.13. The average Bonchev–Trinajstić information content (AvgIpc) is 2.99. The molecule has 0 aliphatic rings. The molecule has 0 aliphatic heterocycles. The number of nitrogens with one attached hydrogen (secondary N) is 2. The minimum atomic E-state index is -4.66. The van der Waals surface area contributed by atoms with Gasteiger partial charge in [-0.1, -0.05) is 11.6 Å². The zero-order chi connectivity index (χ0) is 31.5. The number of carbonyl (C=O) groups excluding carboxylic acids is 1. The van der Waals surface area contributed by atoms with Crippen LogP contribution in [0.4, 0.5) is 29.3 Å². The molecule has 4 rings (SSSR count). The molecule has 0 bridgehead atoms. The second kappa shape index (κ2) is 15.4. The Kier molecular flexibility index (Phi) is 11.4. The van der Waals surface area contributed by atoms with Gasteiger partial charge in [0.05, 0.1) is 34.7 Å². The van der Waals surface area contributed by atoms with E-state index in [4.69, 9.17) is 35.3 Å². The van der Waals surface area contributed by atoms with Crippen molar-refractivity contribution in [2.24, 2.45) is 0 Å². The van der Waals surface area contributed by atoms with Gasteiger partial charge < -0.3 is 34.3 Å². The van der Waals surface area contributed by atoms with Crippen LogP contribution in [-0.2, 0) is 15.7 Å². The summed E-state index contributed by atoms with van der Waals surface area (Å²) in [6.07, 6.45) is -2.60. The van der Waals surface area contributed by atoms with Gasteiger partial charge in [-0.05, 0) is 55.5 Å². The summed E-state index contributed by atoms with van der Waals surface area (Å²) in [6, 6.07) is 12.2. The van der Waals surface area contributed by atoms with E-state index in [1.165, 1.54) is 12.4 Å². The summed E-state index contributed by atoms with van der Waals surface area (Å²) in [4.78, 5) is 21.0. The molecule has 0 saturated heterocycles. The number of aromatic nitrogens is 2. The smallest absolute Gasteiger partial charge is 0.417 e. The minimum absolute atomic E-state index is 0.0698. The van der Waals surface area contributed by atoms with E-state index in [2.05, 4.69) is 20.6 Å². The quantitative estimate of drug-likeness (QED) is 0.137. The van der Waals surface area contributed by atoms with Crippen molar-refractivity contribution in [2.75, 3.05) is 50.8 Å². The van der Waals surface area contributed by atoms with Crippen molar-refractivity contribution in [3.63, 3.8) is 0 Å². The van der Waals surface area contributed by atoms with Crippen molar-refractivity contribution < 1.29 is 41.7 Å². The molecule has 3 aromatic carbocycles. The van der Waals surface area contributed by atoms with Crippen molar-refractivity contribution in [2.45, 2.75) is 19.5 Å². The lowest BCUT2D eigenvalue weighted by Crippen LogP contribution is -2.19. The number of halogens is 4. The SMILES string of the molecule is CCOCCOc1cc2c(Oc3ccc(NC(=O)Nc4ccc(Cl)c(C(F)(F)F)c4)cc3)ncnc2cc1OCCCOC. The highest BCUT2D eigenvalue weighted by molar-refractivity contribution is 6.31. The van der Waals surface area contributed by atoms with Gasteiger partial charge in [0, 0.05) is 44.2 Å². The first kappa shape index (κ1) is 32.6. The van der Waals surface area contributed by atoms with Crippen molar-refractivity contribution in [1.29, 1.82) is 0 Å². The number of urea groups is 1. The van der Waals surface area contributed by atoms with Gasteiger partial charge in [-0.3, -0.25) is 0 Å². The zero-order valence-corrected chi connectivity index (χ0v) is 24.6. The molecule has 4 aromatic rings. The maximum Gasteiger partial charge on any atom is 0.417 e. The van der Waals surface area contributed by atoms with Crippen LogP contribution in [0.15, 0.2) is 60.9 Å². The predicted molar refractivity (Wildman–Crippen MR) is 159 cm³/mol. The van der Waals surface area contributed by atoms with Crippen LogP contribution in [0.3, 0.4) is 0 Å². The van der Waals surface area contributed by atoms with E-state index in [1.807, 2.05) is 6.92 Å². The molecule has 0 saturated carbocycles. The number of fused-ring (bicyclic) bond motifs is 1. The molecule has 0 unspecified atom stereocenters. The standard InChI is InChI=1S/C30H30ClF3N4O6/c1-3-41-13-14-43-26-16-22-25(17-27(26)42-12-4-11-40-2)35-18-36-28(22)44-21-8-5-19(6-9-21)37-29(39)38-20-7-10-24(31)23(15-20)30(32,33)34/h5-10,15-18H,3-4,11-14H2,1-2H3,(H2,37,38,39). The summed E-state index contributed by atoms with van der Waals surface area (Å²) in [5.41, 5.74) is -0.183. The molecule has 0 atom stereocenters. The third kappa shape index (κ3) is 9.09. The molecule has 2 N–H and O–H groups in total. The van der Waals surface area contributed by atoms with E-state index in [0.717, 1.165) is 12.1 Å². The lowest BCUT2D eigenvalue weighted by Gasteiger charge is -2.15. The van der Waals surface area contributed by atoms with Crippen LogP contribution in [0.5, 0.6) is 23.1 Å². The highest BCUT2D eigenvalue weighted by Crippen LogP contribution is 2.37. The number of methoxy groups -OCH3 is 1. The number of rotatable bonds is 14. The molecule has 10 nitrogen and oxygen atoms in total. The Morgan fingerprint density at radius 1 is 0.886 bits per heavy atom. The van der Waals surface area contributed by atoms with E-state index in [1.54, 1.807) is 43.5 Å². The van der Waals surface area contributed by atoms with E-state index in [-0.39, 0.29) is 11.6 Å². The predicted octanol–water partition coefficient (Wildman–Crippen LogP) is 7.57. The van der Waals surface area contributed by atoms with Gasteiger partial charge >= 0.3 is 12.2 Å². The number of alkyl halides is 3. The third-order valence-corrected chi connectivity index (χ3v) is 6.29. The summed E-state index contributed by atoms with van der Waals surface area (Å²) in [5, 5.41) is 5.03. The first-order valence-corrected chi connectivity index (χ1v) is 13.9. The molecule has 0 radical (unpaired) electrons. The number of carbonyl (C=O) groups is 1. The molecule has 1 heterocycles. The summed E-state index contributed by atoms with van der Waals surface area (Å²) in [5.74, 6) is 1.65. The lowest BCUT2D eigenvalue weighted by molar-refractivity contribution is -0.137. The summed E-state index contributed by atoms with van der Waals surface area (Å²) >= 11 is 5.64. The van der Waals surface area contributed by atoms with Gasteiger partial charge in [-0.2, -0.15) is 13.2 Å². The van der Waals surface area contributed by atoms with Crippen molar-refractivity contribution in [1.82, 2.24) is 9.97 Å². The first-order chi connectivity index (χ1) is 21.2. The minimum Gasteiger partial charge on any atom is -0.490 e. The average molecular weight is 635 g/mol. The normalized spacial score (nSPS) is 11.3. The molecular weight excluding hydrogens is 605 g/mol. The highest BCUT2D eigenvalue weighted by atomic mass is 35.5. The molecule has 1 aromatic heterocycles. The Labute approximate surface area is 256 Å². The van der Waals surface area contributed by atoms with Crippen molar-refractivity contribution >= 4 is 39.9 Å². The number of hydrogen-bond donors (Lipinski definition) is 2. The fraction of sp³-hybridized carbons (Fsp3) is 0.300. The van der Waals surface area contributed by atoms with Gasteiger partial charge in [-0.25, -0.2) is 14.8 Å². The van der Waals surface area contributed by atoms with Gasteiger partial charge in [-0.15, -0.1) is 0 Å². The van der Waals surface area contributed by atoms with E-state index >= 15 is 0 Å². The number of nitrogens with zero attached hydrogens (tertiary/aromatic N) is 2. The van der Waals surface area contributed by atoms with E-state index in [0.29, 0.717) is 73.3 Å². The fourth-order valence-corrected chi connectivity index (χ4v) is 4.14. The van der Waals surface area contributed by atoms with Gasteiger partial charge in [0.15, 0.2) is 11.5 Å². The maximum absolute atomic E-state index is 13.1. The van der Waals surface area contributed by atoms with Crippen LogP contribution in [0.1, 0.15) is 18.9 Å². The Hall–Kier alpha value is -4.33. The van der Waals surface area contributed by atoms with Crippen LogP contribution < -0.4 is 24.8 Å². The van der Waals surface area contributed by atoms with Gasteiger partial charge in [0.1, 0.15) is 18.7 Å². The van der Waals surface area contributed by atoms with Crippen LogP contribution in [0, 0.1) is 0 Å². The van der Waals surface area contributed by atoms with Crippen LogP contribution in [0.25, 0.3) is 10.9 Å². The second-order valence-corrected chi connectivity index (χ2v) is 9.54. The molecule has 44 heavy (non-hydrogen) atoms. The van der Waals surface area contributed by atoms with E-state index in [9.17, 15) is 18.0 Å². The first-order valence-electron chi connectivity index (χ1n) is 13.5. The lowest BCUT2D eigenvalue weighted by atomic mass is 10.2.